The minimum absolute atomic E-state index is 0.181. The summed E-state index contributed by atoms with van der Waals surface area (Å²) in [5, 5.41) is 13.9. The minimum atomic E-state index is -2.06. The molecule has 2 nitrogen and oxygen atoms in total. The summed E-state index contributed by atoms with van der Waals surface area (Å²) in [6.07, 6.45) is 1.84. The van der Waals surface area contributed by atoms with Crippen LogP contribution in [0.5, 0.6) is 5.75 Å². The van der Waals surface area contributed by atoms with Gasteiger partial charge >= 0.3 is 0 Å². The van der Waals surface area contributed by atoms with Crippen LogP contribution in [0.4, 0.5) is 5.69 Å². The predicted octanol–water partition coefficient (Wildman–Crippen LogP) is 4.89. The monoisotopic (exact) mass is 395 g/mol. The average Bonchev–Trinajstić information content (AvgIpc) is 2.80. The highest BCUT2D eigenvalue weighted by atomic mass is 31.2. The normalized spacial score (nSPS) is 11.4. The molecule has 0 saturated heterocycles. The number of aliphatic imine (C=N–C) groups is 1. The van der Waals surface area contributed by atoms with E-state index in [9.17, 15) is 5.11 Å². The van der Waals surface area contributed by atoms with Crippen molar-refractivity contribution in [2.45, 2.75) is 0 Å². The van der Waals surface area contributed by atoms with Crippen LogP contribution >= 0.6 is 6.89 Å². The third kappa shape index (κ3) is 3.94. The van der Waals surface area contributed by atoms with Gasteiger partial charge in [0.05, 0.1) is 0 Å². The number of para-hydroxylation sites is 2. The molecule has 4 aromatic rings. The number of hydrogen-bond acceptors (Lipinski definition) is 2. The molecule has 0 atom stereocenters. The van der Waals surface area contributed by atoms with E-state index in [1.807, 2.05) is 36.5 Å². The first-order valence-electron chi connectivity index (χ1n) is 9.53. The molecule has 0 aliphatic rings. The summed E-state index contributed by atoms with van der Waals surface area (Å²) >= 11 is 0. The first-order valence-corrected chi connectivity index (χ1v) is 11.4. The second-order valence-electron chi connectivity index (χ2n) is 6.65. The molecule has 1 N–H and O–H groups in total. The second-order valence-corrected chi connectivity index (χ2v) is 9.94. The van der Waals surface area contributed by atoms with Gasteiger partial charge in [-0.15, -0.1) is 0 Å². The first-order chi connectivity index (χ1) is 14.3. The van der Waals surface area contributed by atoms with Gasteiger partial charge < -0.3 is 5.11 Å². The molecule has 0 aliphatic heterocycles. The maximum absolute atomic E-state index is 10.1. The van der Waals surface area contributed by atoms with Crippen LogP contribution in [-0.2, 0) is 0 Å². The van der Waals surface area contributed by atoms with Gasteiger partial charge in [-0.3, -0.25) is 4.99 Å². The van der Waals surface area contributed by atoms with Crippen LogP contribution in [0.25, 0.3) is 0 Å². The highest BCUT2D eigenvalue weighted by molar-refractivity contribution is 7.95. The Bertz CT molecular complexity index is 1050. The Kier molecular flexibility index (Phi) is 5.74. The standard InChI is InChI=1S/C26H22NOP/c28-26-19-11-10-18-25(26)27-20-21-29(22-12-4-1-5-13-22,23-14-6-2-7-15-23)24-16-8-3-9-17-24/h1-21,28H. The van der Waals surface area contributed by atoms with Gasteiger partial charge in [-0.1, -0.05) is 103 Å². The van der Waals surface area contributed by atoms with Crippen molar-refractivity contribution in [1.29, 1.82) is 0 Å². The quantitative estimate of drug-likeness (QED) is 0.379. The number of benzene rings is 4. The summed E-state index contributed by atoms with van der Waals surface area (Å²) < 4.78 is 0. The molecular weight excluding hydrogens is 373 g/mol. The zero-order valence-corrected chi connectivity index (χ0v) is 16.9. The molecule has 0 spiro atoms. The van der Waals surface area contributed by atoms with Crippen LogP contribution in [0.2, 0.25) is 0 Å². The average molecular weight is 395 g/mol. The molecule has 0 amide bonds. The molecular formula is C26H22NOP. The lowest BCUT2D eigenvalue weighted by molar-refractivity contribution is 0.477. The van der Waals surface area contributed by atoms with Crippen LogP contribution in [-0.4, -0.2) is 17.1 Å². The Morgan fingerprint density at radius 2 is 0.966 bits per heavy atom. The molecule has 0 aliphatic carbocycles. The van der Waals surface area contributed by atoms with Crippen molar-refractivity contribution < 1.29 is 5.11 Å². The highest BCUT2D eigenvalue weighted by Crippen LogP contribution is 2.43. The van der Waals surface area contributed by atoms with Crippen LogP contribution in [0, 0.1) is 0 Å². The molecule has 29 heavy (non-hydrogen) atoms. The number of rotatable bonds is 5. The zero-order chi connectivity index (χ0) is 19.9. The van der Waals surface area contributed by atoms with Crippen molar-refractivity contribution in [2.75, 3.05) is 0 Å². The highest BCUT2D eigenvalue weighted by Gasteiger charge is 2.24. The summed E-state index contributed by atoms with van der Waals surface area (Å²) in [6.45, 7) is -2.06. The maximum Gasteiger partial charge on any atom is 0.141 e. The first kappa shape index (κ1) is 19.0. The fraction of sp³-hybridized carbons (Fsp3) is 0. The van der Waals surface area contributed by atoms with Crippen LogP contribution in [0.15, 0.2) is 120 Å². The fourth-order valence-corrected chi connectivity index (χ4v) is 7.09. The summed E-state index contributed by atoms with van der Waals surface area (Å²) in [5.74, 6) is 2.40. The van der Waals surface area contributed by atoms with Gasteiger partial charge in [0.2, 0.25) is 0 Å². The van der Waals surface area contributed by atoms with Crippen molar-refractivity contribution in [3.63, 3.8) is 0 Å². The Hall–Kier alpha value is -3.35. The van der Waals surface area contributed by atoms with Gasteiger partial charge in [-0.2, -0.15) is 0 Å². The van der Waals surface area contributed by atoms with E-state index in [1.165, 1.54) is 15.9 Å². The van der Waals surface area contributed by atoms with Gasteiger partial charge in [-0.05, 0) is 40.7 Å². The molecule has 0 aromatic heterocycles. The lowest BCUT2D eigenvalue weighted by Gasteiger charge is -2.28. The Balaban J connectivity index is 1.99. The number of phenols is 1. The van der Waals surface area contributed by atoms with Crippen LogP contribution < -0.4 is 15.9 Å². The topological polar surface area (TPSA) is 32.6 Å². The largest absolute Gasteiger partial charge is 0.506 e. The Morgan fingerprint density at radius 3 is 1.41 bits per heavy atom. The number of aromatic hydroxyl groups is 1. The minimum Gasteiger partial charge on any atom is -0.506 e. The van der Waals surface area contributed by atoms with E-state index in [4.69, 9.17) is 0 Å². The summed E-state index contributed by atoms with van der Waals surface area (Å²) in [4.78, 5) is 4.56. The van der Waals surface area contributed by atoms with E-state index in [1.54, 1.807) is 12.1 Å². The molecule has 0 heterocycles. The number of nitrogens with zero attached hydrogens (tertiary/aromatic N) is 1. The summed E-state index contributed by atoms with van der Waals surface area (Å²) in [5.41, 5.74) is 0.566. The van der Waals surface area contributed by atoms with Crippen LogP contribution in [0.3, 0.4) is 0 Å². The van der Waals surface area contributed by atoms with Crippen molar-refractivity contribution in [3.8, 4) is 5.75 Å². The van der Waals surface area contributed by atoms with E-state index in [0.717, 1.165) is 0 Å². The van der Waals surface area contributed by atoms with Gasteiger partial charge in [0.25, 0.3) is 0 Å². The smallest absolute Gasteiger partial charge is 0.141 e. The van der Waals surface area contributed by atoms with Gasteiger partial charge in [0.1, 0.15) is 11.4 Å². The Morgan fingerprint density at radius 1 is 0.552 bits per heavy atom. The van der Waals surface area contributed by atoms with Crippen LogP contribution in [0.1, 0.15) is 0 Å². The lowest BCUT2D eigenvalue weighted by Crippen LogP contribution is -2.27. The molecule has 4 rings (SSSR count). The molecule has 0 saturated carbocycles. The SMILES string of the molecule is Oc1ccccc1N=CC=P(c1ccccc1)(c1ccccc1)c1ccccc1. The fourth-order valence-electron chi connectivity index (χ4n) is 3.48. The predicted molar refractivity (Wildman–Crippen MR) is 127 cm³/mol. The van der Waals surface area contributed by atoms with Crippen molar-refractivity contribution in [2.24, 2.45) is 4.99 Å². The van der Waals surface area contributed by atoms with Gasteiger partial charge in [0.15, 0.2) is 0 Å². The molecule has 3 heteroatoms. The van der Waals surface area contributed by atoms with E-state index >= 15 is 0 Å². The number of phenolic OH excluding ortho intramolecular Hbond substituents is 1. The van der Waals surface area contributed by atoms with E-state index in [0.29, 0.717) is 5.69 Å². The Labute approximate surface area is 171 Å². The molecule has 0 radical (unpaired) electrons. The summed E-state index contributed by atoms with van der Waals surface area (Å²) in [7, 11) is 0. The van der Waals surface area contributed by atoms with E-state index in [2.05, 4.69) is 83.6 Å². The molecule has 0 bridgehead atoms. The van der Waals surface area contributed by atoms with Crippen molar-refractivity contribution in [3.05, 3.63) is 115 Å². The molecule has 0 fully saturated rings. The number of hydrogen-bond donors (Lipinski definition) is 1. The van der Waals surface area contributed by atoms with E-state index in [-0.39, 0.29) is 5.75 Å². The maximum atomic E-state index is 10.1. The third-order valence-corrected chi connectivity index (χ3v) is 8.79. The van der Waals surface area contributed by atoms with Crippen molar-refractivity contribution in [1.82, 2.24) is 0 Å². The molecule has 142 valence electrons. The van der Waals surface area contributed by atoms with E-state index < -0.39 is 6.89 Å². The summed E-state index contributed by atoms with van der Waals surface area (Å²) in [6, 6.07) is 39.0. The van der Waals surface area contributed by atoms with Gasteiger partial charge in [-0.25, -0.2) is 0 Å². The molecule has 4 aromatic carbocycles. The second kappa shape index (κ2) is 8.77. The zero-order valence-electron chi connectivity index (χ0n) is 16.0. The van der Waals surface area contributed by atoms with Gasteiger partial charge in [0, 0.05) is 6.21 Å². The molecule has 0 unspecified atom stereocenters. The van der Waals surface area contributed by atoms with Crippen molar-refractivity contribution >= 4 is 40.5 Å². The third-order valence-electron chi connectivity index (χ3n) is 4.88. The lowest BCUT2D eigenvalue weighted by atomic mass is 10.3.